The summed E-state index contributed by atoms with van der Waals surface area (Å²) in [6, 6.07) is 18.0. The van der Waals surface area contributed by atoms with E-state index < -0.39 is 0 Å². The van der Waals surface area contributed by atoms with Crippen LogP contribution in [0.2, 0.25) is 0 Å². The summed E-state index contributed by atoms with van der Waals surface area (Å²) >= 11 is 1.94. The van der Waals surface area contributed by atoms with Gasteiger partial charge in [0.25, 0.3) is 0 Å². The van der Waals surface area contributed by atoms with Gasteiger partial charge in [-0.15, -0.1) is 23.7 Å². The molecule has 0 saturated heterocycles. The van der Waals surface area contributed by atoms with Gasteiger partial charge in [-0.3, -0.25) is 0 Å². The number of hydrogen-bond donors (Lipinski definition) is 0. The smallest absolute Gasteiger partial charge is 0.124 e. The zero-order valence-corrected chi connectivity index (χ0v) is 17.6. The maximum Gasteiger partial charge on any atom is 0.124 e. The normalized spacial score (nSPS) is 14.3. The molecule has 0 N–H and O–H groups in total. The molecule has 2 heterocycles. The van der Waals surface area contributed by atoms with Crippen molar-refractivity contribution in [2.45, 2.75) is 39.0 Å². The van der Waals surface area contributed by atoms with Gasteiger partial charge >= 0.3 is 0 Å². The second kappa shape index (κ2) is 6.72. The number of aryl methyl sites for hydroxylation is 5. The van der Waals surface area contributed by atoms with Crippen LogP contribution in [-0.2, 0) is 25.7 Å². The van der Waals surface area contributed by atoms with Crippen molar-refractivity contribution in [3.63, 3.8) is 0 Å². The Labute approximate surface area is 175 Å². The molecule has 6 rings (SSSR count). The molecule has 0 bridgehead atoms. The predicted molar refractivity (Wildman–Crippen MR) is 122 cm³/mol. The van der Waals surface area contributed by atoms with Crippen molar-refractivity contribution in [3.8, 4) is 22.3 Å². The lowest BCUT2D eigenvalue weighted by molar-refractivity contribution is 0.904. The molecular formula is C25H22ClNS. The third-order valence-electron chi connectivity index (χ3n) is 6.19. The minimum atomic E-state index is 0. The Morgan fingerprint density at radius 2 is 1.68 bits per heavy atom. The monoisotopic (exact) mass is 403 g/mol. The first kappa shape index (κ1) is 17.9. The van der Waals surface area contributed by atoms with Crippen molar-refractivity contribution in [2.75, 3.05) is 0 Å². The summed E-state index contributed by atoms with van der Waals surface area (Å²) in [5.74, 6) is 0. The molecule has 0 fully saturated rings. The second-order valence-electron chi connectivity index (χ2n) is 7.87. The van der Waals surface area contributed by atoms with Crippen LogP contribution >= 0.6 is 23.7 Å². The molecule has 3 heteroatoms. The van der Waals surface area contributed by atoms with Gasteiger partial charge in [0, 0.05) is 21.4 Å². The minimum Gasteiger partial charge on any atom is -0.241 e. The average Bonchev–Trinajstić information content (AvgIpc) is 3.28. The molecule has 0 aliphatic heterocycles. The highest BCUT2D eigenvalue weighted by Crippen LogP contribution is 2.48. The highest BCUT2D eigenvalue weighted by molar-refractivity contribution is 7.19. The molecule has 2 aliphatic carbocycles. The van der Waals surface area contributed by atoms with E-state index >= 15 is 0 Å². The number of thiophene rings is 1. The SMILES string of the molecule is Cc1ccc(-c2c3c(nc4sc5c(c24)CCC5)CCc2ccccc2-3)cc1.Cl. The molecule has 0 spiro atoms. The third kappa shape index (κ3) is 2.55. The Hall–Kier alpha value is -2.16. The van der Waals surface area contributed by atoms with Crippen LogP contribution in [0.4, 0.5) is 0 Å². The van der Waals surface area contributed by atoms with E-state index in [0.29, 0.717) is 0 Å². The van der Waals surface area contributed by atoms with E-state index in [9.17, 15) is 0 Å². The molecule has 0 unspecified atom stereocenters. The Morgan fingerprint density at radius 3 is 2.54 bits per heavy atom. The van der Waals surface area contributed by atoms with E-state index in [0.717, 1.165) is 12.8 Å². The third-order valence-corrected chi connectivity index (χ3v) is 7.37. The summed E-state index contributed by atoms with van der Waals surface area (Å²) in [5, 5.41) is 1.44. The van der Waals surface area contributed by atoms with Crippen molar-refractivity contribution in [2.24, 2.45) is 0 Å². The predicted octanol–water partition coefficient (Wildman–Crippen LogP) is 6.95. The fourth-order valence-corrected chi connectivity index (χ4v) is 6.18. The number of nitrogens with zero attached hydrogens (tertiary/aromatic N) is 1. The van der Waals surface area contributed by atoms with Gasteiger partial charge in [-0.05, 0) is 61.3 Å². The van der Waals surface area contributed by atoms with Gasteiger partial charge in [-0.2, -0.15) is 0 Å². The van der Waals surface area contributed by atoms with Crippen molar-refractivity contribution in [3.05, 3.63) is 75.8 Å². The standard InChI is InChI=1S/C25H21NS.ClH/c1-15-9-11-17(12-10-15)22-23-18-6-3-2-5-16(18)13-14-20(23)26-25-24(22)19-7-4-8-21(19)27-25;/h2-3,5-6,9-12H,4,7-8,13-14H2,1H3;1H. The molecule has 0 radical (unpaired) electrons. The van der Waals surface area contributed by atoms with Crippen LogP contribution in [0.3, 0.4) is 0 Å². The second-order valence-corrected chi connectivity index (χ2v) is 8.95. The van der Waals surface area contributed by atoms with Crippen LogP contribution in [0.25, 0.3) is 32.5 Å². The lowest BCUT2D eigenvalue weighted by atomic mass is 9.82. The summed E-state index contributed by atoms with van der Waals surface area (Å²) in [6.45, 7) is 2.17. The Bertz CT molecular complexity index is 1200. The molecule has 2 aromatic carbocycles. The Balaban J connectivity index is 0.00000171. The quantitative estimate of drug-likeness (QED) is 0.335. The summed E-state index contributed by atoms with van der Waals surface area (Å²) in [7, 11) is 0. The van der Waals surface area contributed by atoms with Crippen molar-refractivity contribution in [1.82, 2.24) is 4.98 Å². The zero-order chi connectivity index (χ0) is 18.0. The van der Waals surface area contributed by atoms with E-state index in [-0.39, 0.29) is 12.4 Å². The van der Waals surface area contributed by atoms with E-state index in [2.05, 4.69) is 55.5 Å². The fraction of sp³-hybridized carbons (Fsp3) is 0.240. The lowest BCUT2D eigenvalue weighted by Crippen LogP contribution is -2.08. The highest BCUT2D eigenvalue weighted by Gasteiger charge is 2.28. The zero-order valence-electron chi connectivity index (χ0n) is 15.9. The fourth-order valence-electron chi connectivity index (χ4n) is 4.89. The number of hydrogen-bond acceptors (Lipinski definition) is 2. The molecule has 2 aliphatic rings. The highest BCUT2D eigenvalue weighted by atomic mass is 35.5. The molecule has 0 amide bonds. The van der Waals surface area contributed by atoms with Crippen LogP contribution in [0, 0.1) is 6.92 Å². The van der Waals surface area contributed by atoms with Gasteiger partial charge in [0.05, 0.1) is 5.69 Å². The molecule has 0 saturated carbocycles. The molecule has 28 heavy (non-hydrogen) atoms. The van der Waals surface area contributed by atoms with Gasteiger partial charge in [0.15, 0.2) is 0 Å². The minimum absolute atomic E-state index is 0. The molecule has 2 aromatic heterocycles. The van der Waals surface area contributed by atoms with Gasteiger partial charge < -0.3 is 0 Å². The summed E-state index contributed by atoms with van der Waals surface area (Å²) in [6.07, 6.45) is 5.86. The van der Waals surface area contributed by atoms with Crippen LogP contribution in [0.15, 0.2) is 48.5 Å². The van der Waals surface area contributed by atoms with Crippen molar-refractivity contribution in [1.29, 1.82) is 0 Å². The first-order valence-electron chi connectivity index (χ1n) is 9.92. The molecule has 0 atom stereocenters. The summed E-state index contributed by atoms with van der Waals surface area (Å²) in [4.78, 5) is 8.03. The van der Waals surface area contributed by atoms with Crippen LogP contribution in [0.5, 0.6) is 0 Å². The van der Waals surface area contributed by atoms with Crippen LogP contribution in [0.1, 0.15) is 33.7 Å². The van der Waals surface area contributed by atoms with Gasteiger partial charge in [0.1, 0.15) is 4.83 Å². The van der Waals surface area contributed by atoms with E-state index in [4.69, 9.17) is 4.98 Å². The largest absolute Gasteiger partial charge is 0.241 e. The molecule has 140 valence electrons. The number of halogens is 1. The number of pyridine rings is 1. The first-order valence-corrected chi connectivity index (χ1v) is 10.7. The van der Waals surface area contributed by atoms with Gasteiger partial charge in [-0.25, -0.2) is 4.98 Å². The summed E-state index contributed by atoms with van der Waals surface area (Å²) in [5.41, 5.74) is 11.2. The van der Waals surface area contributed by atoms with Gasteiger partial charge in [0.2, 0.25) is 0 Å². The van der Waals surface area contributed by atoms with Crippen LogP contribution in [-0.4, -0.2) is 4.98 Å². The molecule has 4 aromatic rings. The van der Waals surface area contributed by atoms with Crippen molar-refractivity contribution < 1.29 is 0 Å². The maximum absolute atomic E-state index is 5.20. The number of fused-ring (bicyclic) bond motifs is 6. The van der Waals surface area contributed by atoms with Crippen LogP contribution < -0.4 is 0 Å². The van der Waals surface area contributed by atoms with E-state index in [1.54, 1.807) is 10.4 Å². The van der Waals surface area contributed by atoms with E-state index in [1.165, 1.54) is 68.6 Å². The van der Waals surface area contributed by atoms with Crippen molar-refractivity contribution >= 4 is 34.0 Å². The molecular weight excluding hydrogens is 382 g/mol. The number of aromatic nitrogens is 1. The lowest BCUT2D eigenvalue weighted by Gasteiger charge is -2.23. The van der Waals surface area contributed by atoms with Gasteiger partial charge in [-0.1, -0.05) is 54.1 Å². The number of benzene rings is 2. The molecule has 1 nitrogen and oxygen atoms in total. The average molecular weight is 404 g/mol. The topological polar surface area (TPSA) is 12.9 Å². The van der Waals surface area contributed by atoms with E-state index in [1.807, 2.05) is 11.3 Å². The maximum atomic E-state index is 5.20. The number of rotatable bonds is 1. The first-order chi connectivity index (χ1) is 13.3. The Morgan fingerprint density at radius 1 is 0.857 bits per heavy atom. The Kier molecular flexibility index (Phi) is 4.30. The summed E-state index contributed by atoms with van der Waals surface area (Å²) < 4.78 is 0.